The van der Waals surface area contributed by atoms with E-state index in [9.17, 15) is 29.0 Å². The third-order valence-electron chi connectivity index (χ3n) is 8.44. The van der Waals surface area contributed by atoms with Crippen LogP contribution in [0.1, 0.15) is 50.6 Å². The zero-order valence-electron chi connectivity index (χ0n) is 23.1. The molecule has 2 fully saturated rings. The molecule has 8 heteroatoms. The number of likely N-dealkylation sites (tertiary alicyclic amines) is 2. The Morgan fingerprint density at radius 3 is 1.90 bits per heavy atom. The van der Waals surface area contributed by atoms with Crippen LogP contribution in [-0.2, 0) is 4.79 Å². The van der Waals surface area contributed by atoms with Crippen LogP contribution in [-0.4, -0.2) is 76.6 Å². The molecule has 7 nitrogen and oxygen atoms in total. The minimum absolute atomic E-state index is 0.0318. The Labute approximate surface area is 239 Å². The number of nitrogens with zero attached hydrogens (tertiary/aromatic N) is 2. The average Bonchev–Trinajstić information content (AvgIpc) is 2.92. The van der Waals surface area contributed by atoms with Gasteiger partial charge in [-0.15, -0.1) is 0 Å². The number of ketones is 3. The largest absolute Gasteiger partial charge is 0.508 e. The van der Waals surface area contributed by atoms with Crippen LogP contribution in [0.5, 0.6) is 11.5 Å². The second-order valence-electron chi connectivity index (χ2n) is 11.2. The summed E-state index contributed by atoms with van der Waals surface area (Å²) < 4.78 is 14.9. The van der Waals surface area contributed by atoms with Crippen LogP contribution in [0.3, 0.4) is 0 Å². The second-order valence-corrected chi connectivity index (χ2v) is 11.2. The van der Waals surface area contributed by atoms with Gasteiger partial charge in [-0.25, -0.2) is 4.39 Å². The molecule has 41 heavy (non-hydrogen) atoms. The van der Waals surface area contributed by atoms with Gasteiger partial charge in [0.15, 0.2) is 11.6 Å². The Morgan fingerprint density at radius 2 is 1.39 bits per heavy atom. The molecule has 2 N–H and O–H groups in total. The van der Waals surface area contributed by atoms with Gasteiger partial charge in [0.1, 0.15) is 23.1 Å². The molecule has 2 unspecified atom stereocenters. The van der Waals surface area contributed by atoms with Crippen LogP contribution in [0.25, 0.3) is 0 Å². The molecular formula is C33H35FN2O5. The molecule has 2 atom stereocenters. The third-order valence-corrected chi connectivity index (χ3v) is 8.44. The quantitative estimate of drug-likeness (QED) is 0.351. The summed E-state index contributed by atoms with van der Waals surface area (Å²) in [7, 11) is 0. The van der Waals surface area contributed by atoms with Gasteiger partial charge >= 0.3 is 0 Å². The van der Waals surface area contributed by atoms with Crippen LogP contribution in [0.15, 0.2) is 66.7 Å². The van der Waals surface area contributed by atoms with Crippen molar-refractivity contribution in [3.8, 4) is 11.5 Å². The van der Waals surface area contributed by atoms with Crippen molar-refractivity contribution < 1.29 is 29.0 Å². The number of halogens is 1. The van der Waals surface area contributed by atoms with E-state index in [-0.39, 0.29) is 59.6 Å². The Bertz CT molecular complexity index is 1390. The number of benzene rings is 3. The second kappa shape index (κ2) is 12.3. The van der Waals surface area contributed by atoms with E-state index in [1.54, 1.807) is 43.3 Å². The lowest BCUT2D eigenvalue weighted by atomic mass is 9.67. The molecule has 214 valence electrons. The first-order valence-corrected chi connectivity index (χ1v) is 14.1. The summed E-state index contributed by atoms with van der Waals surface area (Å²) in [5.41, 5.74) is 1.48. The fraction of sp³-hybridized carbons (Fsp3) is 0.364. The molecule has 0 amide bonds. The number of phenolic OH excluding ortho intramolecular Hbond substituents is 2. The molecule has 0 saturated carbocycles. The zero-order chi connectivity index (χ0) is 29.1. The van der Waals surface area contributed by atoms with Gasteiger partial charge < -0.3 is 15.1 Å². The maximum atomic E-state index is 14.9. The number of rotatable bonds is 10. The maximum absolute atomic E-state index is 14.9. The molecule has 0 radical (unpaired) electrons. The lowest BCUT2D eigenvalue weighted by Gasteiger charge is -2.43. The van der Waals surface area contributed by atoms with Crippen LogP contribution < -0.4 is 0 Å². The van der Waals surface area contributed by atoms with E-state index >= 15 is 0 Å². The third kappa shape index (κ3) is 6.39. The van der Waals surface area contributed by atoms with Crippen molar-refractivity contribution in [3.05, 3.63) is 94.8 Å². The zero-order valence-corrected chi connectivity index (χ0v) is 23.1. The molecule has 0 aliphatic carbocycles. The number of phenols is 2. The van der Waals surface area contributed by atoms with Crippen molar-refractivity contribution in [2.24, 2.45) is 11.8 Å². The van der Waals surface area contributed by atoms with Crippen LogP contribution in [0, 0.1) is 24.6 Å². The van der Waals surface area contributed by atoms with E-state index in [4.69, 9.17) is 0 Å². The molecule has 3 aromatic carbocycles. The number of Topliss-reactive ketones (excluding diaryl/α,β-unsaturated/α-hetero) is 3. The lowest BCUT2D eigenvalue weighted by molar-refractivity contribution is -0.121. The molecule has 2 aliphatic heterocycles. The van der Waals surface area contributed by atoms with E-state index in [0.29, 0.717) is 24.1 Å². The highest BCUT2D eigenvalue weighted by atomic mass is 19.1. The van der Waals surface area contributed by atoms with Crippen molar-refractivity contribution in [1.29, 1.82) is 0 Å². The van der Waals surface area contributed by atoms with E-state index in [0.717, 1.165) is 19.5 Å². The van der Waals surface area contributed by atoms with Crippen molar-refractivity contribution >= 4 is 17.3 Å². The first-order chi connectivity index (χ1) is 19.7. The Kier molecular flexibility index (Phi) is 8.61. The predicted octanol–water partition coefficient (Wildman–Crippen LogP) is 4.61. The number of carbonyl (C=O) groups is 3. The lowest BCUT2D eigenvalue weighted by Crippen LogP contribution is -2.52. The van der Waals surface area contributed by atoms with Gasteiger partial charge in [0, 0.05) is 54.9 Å². The minimum Gasteiger partial charge on any atom is -0.508 e. The molecule has 0 bridgehead atoms. The molecule has 2 aliphatic rings. The summed E-state index contributed by atoms with van der Waals surface area (Å²) in [6.07, 6.45) is 1.53. The van der Waals surface area contributed by atoms with E-state index in [1.165, 1.54) is 30.3 Å². The molecule has 2 heterocycles. The number of aromatic hydroxyl groups is 2. The number of carbonyl (C=O) groups excluding carboxylic acids is 3. The minimum atomic E-state index is -0.791. The molecule has 2 saturated heterocycles. The number of hydrogen-bond donors (Lipinski definition) is 2. The summed E-state index contributed by atoms with van der Waals surface area (Å²) >= 11 is 0. The van der Waals surface area contributed by atoms with Gasteiger partial charge in [-0.3, -0.25) is 19.3 Å². The summed E-state index contributed by atoms with van der Waals surface area (Å²) in [6, 6.07) is 16.8. The highest BCUT2D eigenvalue weighted by Crippen LogP contribution is 2.42. The van der Waals surface area contributed by atoms with Crippen LogP contribution >= 0.6 is 0 Å². The fourth-order valence-electron chi connectivity index (χ4n) is 6.14. The molecule has 5 rings (SSSR count). The first kappa shape index (κ1) is 28.6. The summed E-state index contributed by atoms with van der Waals surface area (Å²) in [5, 5.41) is 20.2. The van der Waals surface area contributed by atoms with Crippen molar-refractivity contribution in [2.45, 2.75) is 25.7 Å². The van der Waals surface area contributed by atoms with Crippen molar-refractivity contribution in [3.63, 3.8) is 0 Å². The standard InChI is InChI=1S/C33H35FN2O5/c1-21-27(10-4-11-30(21)34)31-28(32(40)22-6-2-8-24(37)16-22)19-36(18-26(39)12-15-35-13-5-14-35)20-29(31)33(41)23-7-3-9-25(38)17-23/h2-4,6-11,16-17,28-29,31,37-38H,5,12-15,18-20H2,1H3. The highest BCUT2D eigenvalue weighted by Gasteiger charge is 2.46. The SMILES string of the molecule is Cc1c(F)cccc1C1C(C(=O)c2cccc(O)c2)CN(CC(=O)CCN2CCC2)CC1C(=O)c1cccc(O)c1. The Balaban J connectivity index is 1.55. The van der Waals surface area contributed by atoms with Gasteiger partial charge in [0.2, 0.25) is 0 Å². The van der Waals surface area contributed by atoms with Gasteiger partial charge in [0.25, 0.3) is 0 Å². The first-order valence-electron chi connectivity index (χ1n) is 14.1. The van der Waals surface area contributed by atoms with E-state index in [1.807, 2.05) is 4.90 Å². The highest BCUT2D eigenvalue weighted by molar-refractivity contribution is 6.02. The van der Waals surface area contributed by atoms with Crippen LogP contribution in [0.2, 0.25) is 0 Å². The van der Waals surface area contributed by atoms with Crippen LogP contribution in [0.4, 0.5) is 4.39 Å². The van der Waals surface area contributed by atoms with E-state index in [2.05, 4.69) is 4.90 Å². The van der Waals surface area contributed by atoms with Crippen molar-refractivity contribution in [2.75, 3.05) is 39.3 Å². The molecule has 0 aromatic heterocycles. The van der Waals surface area contributed by atoms with Gasteiger partial charge in [-0.1, -0.05) is 36.4 Å². The fourth-order valence-corrected chi connectivity index (χ4v) is 6.14. The number of hydrogen-bond acceptors (Lipinski definition) is 7. The summed E-state index contributed by atoms with van der Waals surface area (Å²) in [5.74, 6) is -3.38. The molecular weight excluding hydrogens is 523 g/mol. The predicted molar refractivity (Wildman–Crippen MR) is 153 cm³/mol. The molecule has 3 aromatic rings. The topological polar surface area (TPSA) is 98.2 Å². The Morgan fingerprint density at radius 1 is 0.829 bits per heavy atom. The summed E-state index contributed by atoms with van der Waals surface area (Å²) in [4.78, 5) is 45.3. The van der Waals surface area contributed by atoms with Crippen molar-refractivity contribution in [1.82, 2.24) is 9.80 Å². The summed E-state index contributed by atoms with van der Waals surface area (Å²) in [6.45, 7) is 4.82. The monoisotopic (exact) mass is 558 g/mol. The normalized spacial score (nSPS) is 21.3. The van der Waals surface area contributed by atoms with E-state index < -0.39 is 23.6 Å². The van der Waals surface area contributed by atoms with Gasteiger partial charge in [-0.05, 0) is 67.9 Å². The smallest absolute Gasteiger partial charge is 0.167 e. The number of piperidine rings is 1. The average molecular weight is 559 g/mol. The van der Waals surface area contributed by atoms with Gasteiger partial charge in [-0.2, -0.15) is 0 Å². The maximum Gasteiger partial charge on any atom is 0.167 e. The Hall–Kier alpha value is -3.88. The van der Waals surface area contributed by atoms with Gasteiger partial charge in [0.05, 0.1) is 6.54 Å². The molecule has 0 spiro atoms.